The van der Waals surface area contributed by atoms with Crippen LogP contribution in [0.15, 0.2) is 24.3 Å². The van der Waals surface area contributed by atoms with E-state index in [0.29, 0.717) is 19.1 Å². The highest BCUT2D eigenvalue weighted by Crippen LogP contribution is 2.30. The third kappa shape index (κ3) is 4.55. The summed E-state index contributed by atoms with van der Waals surface area (Å²) in [4.78, 5) is 11.9. The lowest BCUT2D eigenvalue weighted by molar-refractivity contribution is -0.122. The van der Waals surface area contributed by atoms with E-state index in [9.17, 15) is 4.79 Å². The molecule has 0 aliphatic heterocycles. The number of hydrogen-bond acceptors (Lipinski definition) is 3. The summed E-state index contributed by atoms with van der Waals surface area (Å²) in [6.07, 6.45) is 3.61. The van der Waals surface area contributed by atoms with Crippen molar-refractivity contribution in [2.75, 3.05) is 26.8 Å². The van der Waals surface area contributed by atoms with Gasteiger partial charge in [0.2, 0.25) is 5.91 Å². The molecule has 2 N–H and O–H groups in total. The first-order valence-electron chi connectivity index (χ1n) is 7.80. The largest absolute Gasteiger partial charge is 0.383 e. The SMILES string of the molecule is COCCNC(=O)C(C)NCC1CCCc2ccccc21. The predicted molar refractivity (Wildman–Crippen MR) is 84.5 cm³/mol. The summed E-state index contributed by atoms with van der Waals surface area (Å²) >= 11 is 0. The van der Waals surface area contributed by atoms with E-state index < -0.39 is 0 Å². The minimum atomic E-state index is -0.170. The fourth-order valence-electron chi connectivity index (χ4n) is 2.91. The molecule has 0 radical (unpaired) electrons. The molecule has 0 aromatic heterocycles. The Morgan fingerprint density at radius 2 is 2.24 bits per heavy atom. The van der Waals surface area contributed by atoms with Gasteiger partial charge in [0.25, 0.3) is 0 Å². The van der Waals surface area contributed by atoms with Crippen molar-refractivity contribution in [2.45, 2.75) is 38.1 Å². The summed E-state index contributed by atoms with van der Waals surface area (Å²) in [5, 5.41) is 6.23. The van der Waals surface area contributed by atoms with E-state index in [1.165, 1.54) is 30.4 Å². The topological polar surface area (TPSA) is 50.4 Å². The Morgan fingerprint density at radius 3 is 3.05 bits per heavy atom. The number of aryl methyl sites for hydroxylation is 1. The van der Waals surface area contributed by atoms with E-state index in [1.54, 1.807) is 7.11 Å². The summed E-state index contributed by atoms with van der Waals surface area (Å²) in [6, 6.07) is 8.50. The molecule has 1 aliphatic carbocycles. The first-order valence-corrected chi connectivity index (χ1v) is 7.80. The molecule has 4 heteroatoms. The van der Waals surface area contributed by atoms with E-state index in [-0.39, 0.29) is 11.9 Å². The molecular formula is C17H26N2O2. The van der Waals surface area contributed by atoms with Crippen molar-refractivity contribution in [1.82, 2.24) is 10.6 Å². The lowest BCUT2D eigenvalue weighted by Crippen LogP contribution is -2.44. The molecule has 0 fully saturated rings. The van der Waals surface area contributed by atoms with Crippen LogP contribution in [0, 0.1) is 0 Å². The Morgan fingerprint density at radius 1 is 1.43 bits per heavy atom. The second-order valence-corrected chi connectivity index (χ2v) is 5.70. The van der Waals surface area contributed by atoms with Gasteiger partial charge in [0.1, 0.15) is 0 Å². The van der Waals surface area contributed by atoms with Crippen LogP contribution in [0.25, 0.3) is 0 Å². The van der Waals surface area contributed by atoms with Gasteiger partial charge in [-0.1, -0.05) is 24.3 Å². The summed E-state index contributed by atoms with van der Waals surface area (Å²) in [5.74, 6) is 0.556. The molecule has 2 rings (SSSR count). The number of hydrogen-bond donors (Lipinski definition) is 2. The molecule has 1 aromatic rings. The van der Waals surface area contributed by atoms with Gasteiger partial charge < -0.3 is 15.4 Å². The molecule has 1 amide bonds. The lowest BCUT2D eigenvalue weighted by atomic mass is 9.83. The molecular weight excluding hydrogens is 264 g/mol. The highest BCUT2D eigenvalue weighted by atomic mass is 16.5. The van der Waals surface area contributed by atoms with Gasteiger partial charge in [-0.2, -0.15) is 0 Å². The first-order chi connectivity index (χ1) is 10.2. The molecule has 2 atom stereocenters. The lowest BCUT2D eigenvalue weighted by Gasteiger charge is -2.27. The Kier molecular flexibility index (Phi) is 6.21. The number of fused-ring (bicyclic) bond motifs is 1. The van der Waals surface area contributed by atoms with Gasteiger partial charge in [-0.15, -0.1) is 0 Å². The maximum atomic E-state index is 11.9. The van der Waals surface area contributed by atoms with E-state index in [0.717, 1.165) is 6.54 Å². The number of ether oxygens (including phenoxy) is 1. The van der Waals surface area contributed by atoms with Crippen molar-refractivity contribution in [3.63, 3.8) is 0 Å². The van der Waals surface area contributed by atoms with E-state index in [4.69, 9.17) is 4.74 Å². The monoisotopic (exact) mass is 290 g/mol. The van der Waals surface area contributed by atoms with Crippen LogP contribution in [0.5, 0.6) is 0 Å². The van der Waals surface area contributed by atoms with Crippen molar-refractivity contribution in [1.29, 1.82) is 0 Å². The third-order valence-corrected chi connectivity index (χ3v) is 4.16. The average molecular weight is 290 g/mol. The number of benzene rings is 1. The van der Waals surface area contributed by atoms with Gasteiger partial charge in [0.05, 0.1) is 12.6 Å². The molecule has 0 saturated heterocycles. The van der Waals surface area contributed by atoms with E-state index in [1.807, 2.05) is 6.92 Å². The van der Waals surface area contributed by atoms with E-state index in [2.05, 4.69) is 34.9 Å². The van der Waals surface area contributed by atoms with Crippen molar-refractivity contribution in [2.24, 2.45) is 0 Å². The van der Waals surface area contributed by atoms with Gasteiger partial charge >= 0.3 is 0 Å². The molecule has 0 spiro atoms. The molecule has 2 unspecified atom stereocenters. The normalized spacial score (nSPS) is 18.9. The van der Waals surface area contributed by atoms with Gasteiger partial charge in [-0.3, -0.25) is 4.79 Å². The van der Waals surface area contributed by atoms with Crippen molar-refractivity contribution >= 4 is 5.91 Å². The molecule has 116 valence electrons. The van der Waals surface area contributed by atoms with Gasteiger partial charge in [-0.25, -0.2) is 0 Å². The van der Waals surface area contributed by atoms with Gasteiger partial charge in [0, 0.05) is 20.2 Å². The van der Waals surface area contributed by atoms with Crippen LogP contribution in [0.4, 0.5) is 0 Å². The molecule has 4 nitrogen and oxygen atoms in total. The number of rotatable bonds is 7. The quantitative estimate of drug-likeness (QED) is 0.754. The fraction of sp³-hybridized carbons (Fsp3) is 0.588. The molecule has 0 saturated carbocycles. The number of methoxy groups -OCH3 is 1. The number of nitrogens with one attached hydrogen (secondary N) is 2. The first kappa shape index (κ1) is 16.0. The molecule has 0 bridgehead atoms. The van der Waals surface area contributed by atoms with Crippen LogP contribution in [-0.2, 0) is 16.0 Å². The van der Waals surface area contributed by atoms with Crippen LogP contribution >= 0.6 is 0 Å². The second-order valence-electron chi connectivity index (χ2n) is 5.70. The molecule has 0 heterocycles. The van der Waals surface area contributed by atoms with Crippen LogP contribution < -0.4 is 10.6 Å². The average Bonchev–Trinajstić information content (AvgIpc) is 2.52. The fourth-order valence-corrected chi connectivity index (χ4v) is 2.91. The molecule has 21 heavy (non-hydrogen) atoms. The van der Waals surface area contributed by atoms with Crippen LogP contribution in [0.3, 0.4) is 0 Å². The Labute approximate surface area is 127 Å². The zero-order valence-electron chi connectivity index (χ0n) is 13.0. The Bertz CT molecular complexity index is 462. The predicted octanol–water partition coefficient (Wildman–Crippen LogP) is 1.85. The zero-order valence-corrected chi connectivity index (χ0v) is 13.0. The number of carbonyl (C=O) groups is 1. The highest BCUT2D eigenvalue weighted by Gasteiger charge is 2.21. The second kappa shape index (κ2) is 8.15. The number of carbonyl (C=O) groups excluding carboxylic acids is 1. The zero-order chi connectivity index (χ0) is 15.1. The Balaban J connectivity index is 1.82. The van der Waals surface area contributed by atoms with Gasteiger partial charge in [-0.05, 0) is 43.2 Å². The standard InChI is InChI=1S/C17H26N2O2/c1-13(17(20)18-10-11-21-2)19-12-15-8-5-7-14-6-3-4-9-16(14)15/h3-4,6,9,13,15,19H,5,7-8,10-12H2,1-2H3,(H,18,20). The minimum Gasteiger partial charge on any atom is -0.383 e. The van der Waals surface area contributed by atoms with Crippen molar-refractivity contribution < 1.29 is 9.53 Å². The number of amides is 1. The molecule has 1 aliphatic rings. The summed E-state index contributed by atoms with van der Waals surface area (Å²) < 4.78 is 4.93. The molecule has 1 aromatic carbocycles. The minimum absolute atomic E-state index is 0.0381. The van der Waals surface area contributed by atoms with Crippen LogP contribution in [-0.4, -0.2) is 38.8 Å². The third-order valence-electron chi connectivity index (χ3n) is 4.16. The highest BCUT2D eigenvalue weighted by molar-refractivity contribution is 5.81. The van der Waals surface area contributed by atoms with Gasteiger partial charge in [0.15, 0.2) is 0 Å². The summed E-state index contributed by atoms with van der Waals surface area (Å²) in [6.45, 7) is 3.88. The summed E-state index contributed by atoms with van der Waals surface area (Å²) in [5.41, 5.74) is 2.91. The Hall–Kier alpha value is -1.39. The summed E-state index contributed by atoms with van der Waals surface area (Å²) in [7, 11) is 1.63. The smallest absolute Gasteiger partial charge is 0.236 e. The van der Waals surface area contributed by atoms with Crippen molar-refractivity contribution in [3.8, 4) is 0 Å². The maximum Gasteiger partial charge on any atom is 0.236 e. The van der Waals surface area contributed by atoms with E-state index >= 15 is 0 Å². The van der Waals surface area contributed by atoms with Crippen molar-refractivity contribution in [3.05, 3.63) is 35.4 Å². The maximum absolute atomic E-state index is 11.9. The van der Waals surface area contributed by atoms with Crippen LogP contribution in [0.1, 0.15) is 36.8 Å². The van der Waals surface area contributed by atoms with Crippen LogP contribution in [0.2, 0.25) is 0 Å².